The van der Waals surface area contributed by atoms with Crippen LogP contribution in [0.15, 0.2) is 44.0 Å². The van der Waals surface area contributed by atoms with Gasteiger partial charge in [-0.25, -0.2) is 0 Å². The van der Waals surface area contributed by atoms with E-state index in [0.29, 0.717) is 6.54 Å². The Labute approximate surface area is 132 Å². The standard InChI is InChI=1S/C13H12Br2N4O/c14-10-7-9(20-13(10)15)8-16-5-4-12-18-17-11-3-1-2-6-19(11)12/h1-3,6-7,16H,4-5,8H2. The summed E-state index contributed by atoms with van der Waals surface area (Å²) in [5, 5.41) is 11.6. The van der Waals surface area contributed by atoms with E-state index in [4.69, 9.17) is 4.42 Å². The van der Waals surface area contributed by atoms with E-state index in [1.165, 1.54) is 0 Å². The number of fused-ring (bicyclic) bond motifs is 1. The average molecular weight is 400 g/mol. The molecule has 3 rings (SSSR count). The van der Waals surface area contributed by atoms with Crippen LogP contribution in [0, 0.1) is 0 Å². The second-order valence-corrected chi connectivity index (χ2v) is 5.88. The van der Waals surface area contributed by atoms with Gasteiger partial charge in [0.15, 0.2) is 10.3 Å². The molecule has 20 heavy (non-hydrogen) atoms. The molecule has 0 unspecified atom stereocenters. The van der Waals surface area contributed by atoms with Crippen LogP contribution in [0.1, 0.15) is 11.6 Å². The molecule has 3 aromatic rings. The van der Waals surface area contributed by atoms with Crippen LogP contribution in [0.5, 0.6) is 0 Å². The van der Waals surface area contributed by atoms with E-state index in [-0.39, 0.29) is 0 Å². The minimum Gasteiger partial charge on any atom is -0.452 e. The smallest absolute Gasteiger partial charge is 0.183 e. The lowest BCUT2D eigenvalue weighted by atomic mass is 10.3. The fourth-order valence-corrected chi connectivity index (χ4v) is 2.61. The number of pyridine rings is 1. The molecule has 7 heteroatoms. The molecule has 0 bridgehead atoms. The van der Waals surface area contributed by atoms with Crippen molar-refractivity contribution in [3.05, 3.63) is 51.2 Å². The van der Waals surface area contributed by atoms with E-state index < -0.39 is 0 Å². The van der Waals surface area contributed by atoms with Crippen molar-refractivity contribution < 1.29 is 4.42 Å². The van der Waals surface area contributed by atoms with Crippen molar-refractivity contribution in [1.82, 2.24) is 19.9 Å². The quantitative estimate of drug-likeness (QED) is 0.669. The normalized spacial score (nSPS) is 11.3. The molecule has 0 radical (unpaired) electrons. The molecule has 0 fully saturated rings. The van der Waals surface area contributed by atoms with Gasteiger partial charge in [0.2, 0.25) is 0 Å². The van der Waals surface area contributed by atoms with E-state index in [0.717, 1.165) is 39.3 Å². The summed E-state index contributed by atoms with van der Waals surface area (Å²) >= 11 is 6.71. The SMILES string of the molecule is Brc1cc(CNCCc2nnc3ccccn23)oc1Br. The monoisotopic (exact) mass is 398 g/mol. The number of hydrogen-bond donors (Lipinski definition) is 1. The average Bonchev–Trinajstić information content (AvgIpc) is 3.00. The molecule has 5 nitrogen and oxygen atoms in total. The maximum Gasteiger partial charge on any atom is 0.183 e. The molecule has 0 spiro atoms. The molecule has 0 aliphatic heterocycles. The van der Waals surface area contributed by atoms with Gasteiger partial charge in [-0.05, 0) is 50.1 Å². The first-order valence-corrected chi connectivity index (χ1v) is 7.76. The van der Waals surface area contributed by atoms with E-state index in [1.54, 1.807) is 0 Å². The highest BCUT2D eigenvalue weighted by atomic mass is 79.9. The van der Waals surface area contributed by atoms with Crippen LogP contribution in [-0.4, -0.2) is 21.1 Å². The number of halogens is 2. The zero-order valence-corrected chi connectivity index (χ0v) is 13.7. The summed E-state index contributed by atoms with van der Waals surface area (Å²) < 4.78 is 9.15. The molecule has 0 saturated carbocycles. The van der Waals surface area contributed by atoms with Gasteiger partial charge in [0.25, 0.3) is 0 Å². The molecular weight excluding hydrogens is 388 g/mol. The van der Waals surface area contributed by atoms with Crippen LogP contribution >= 0.6 is 31.9 Å². The van der Waals surface area contributed by atoms with Crippen LogP contribution in [0.25, 0.3) is 5.65 Å². The maximum atomic E-state index is 5.50. The number of nitrogens with zero attached hydrogens (tertiary/aromatic N) is 3. The Kier molecular flexibility index (Phi) is 4.18. The number of hydrogen-bond acceptors (Lipinski definition) is 4. The highest BCUT2D eigenvalue weighted by molar-refractivity contribution is 9.13. The zero-order valence-electron chi connectivity index (χ0n) is 10.5. The molecule has 104 valence electrons. The molecule has 3 heterocycles. The van der Waals surface area contributed by atoms with E-state index in [1.807, 2.05) is 34.9 Å². The molecule has 0 amide bonds. The first-order chi connectivity index (χ1) is 9.74. The Morgan fingerprint density at radius 2 is 2.15 bits per heavy atom. The predicted molar refractivity (Wildman–Crippen MR) is 82.5 cm³/mol. The molecule has 0 aliphatic rings. The summed E-state index contributed by atoms with van der Waals surface area (Å²) in [4.78, 5) is 0. The second kappa shape index (κ2) is 6.07. The van der Waals surface area contributed by atoms with Crippen LogP contribution in [0.4, 0.5) is 0 Å². The van der Waals surface area contributed by atoms with Crippen molar-refractivity contribution >= 4 is 37.5 Å². The van der Waals surface area contributed by atoms with Gasteiger partial charge in [-0.3, -0.25) is 4.40 Å². The van der Waals surface area contributed by atoms with Crippen molar-refractivity contribution in [2.24, 2.45) is 0 Å². The van der Waals surface area contributed by atoms with Crippen LogP contribution in [0.2, 0.25) is 0 Å². The van der Waals surface area contributed by atoms with Crippen molar-refractivity contribution in [2.75, 3.05) is 6.54 Å². The molecular formula is C13H12Br2N4O. The van der Waals surface area contributed by atoms with E-state index >= 15 is 0 Å². The predicted octanol–water partition coefficient (Wildman–Crippen LogP) is 3.18. The zero-order chi connectivity index (χ0) is 13.9. The fraction of sp³-hybridized carbons (Fsp3) is 0.231. The summed E-state index contributed by atoms with van der Waals surface area (Å²) in [7, 11) is 0. The van der Waals surface area contributed by atoms with Crippen molar-refractivity contribution in [3.63, 3.8) is 0 Å². The Hall–Kier alpha value is -1.18. The summed E-state index contributed by atoms with van der Waals surface area (Å²) in [6, 6.07) is 7.83. The first kappa shape index (κ1) is 13.8. The second-order valence-electron chi connectivity index (χ2n) is 4.31. The third-order valence-electron chi connectivity index (χ3n) is 2.91. The van der Waals surface area contributed by atoms with Crippen LogP contribution in [0.3, 0.4) is 0 Å². The first-order valence-electron chi connectivity index (χ1n) is 6.17. The van der Waals surface area contributed by atoms with Gasteiger partial charge in [-0.15, -0.1) is 10.2 Å². The van der Waals surface area contributed by atoms with Crippen molar-refractivity contribution in [3.8, 4) is 0 Å². The largest absolute Gasteiger partial charge is 0.452 e. The molecule has 0 aromatic carbocycles. The van der Waals surface area contributed by atoms with Gasteiger partial charge in [0, 0.05) is 19.2 Å². The summed E-state index contributed by atoms with van der Waals surface area (Å²) in [6.07, 6.45) is 2.79. The lowest BCUT2D eigenvalue weighted by Gasteiger charge is -2.01. The highest BCUT2D eigenvalue weighted by Gasteiger charge is 2.06. The lowest BCUT2D eigenvalue weighted by molar-refractivity contribution is 0.464. The summed E-state index contributed by atoms with van der Waals surface area (Å²) in [6.45, 7) is 1.49. The van der Waals surface area contributed by atoms with E-state index in [9.17, 15) is 0 Å². The molecule has 0 aliphatic carbocycles. The third kappa shape index (κ3) is 2.94. The van der Waals surface area contributed by atoms with Crippen molar-refractivity contribution in [2.45, 2.75) is 13.0 Å². The molecule has 3 aromatic heterocycles. The number of furan rings is 1. The van der Waals surface area contributed by atoms with Gasteiger partial charge in [0.05, 0.1) is 11.0 Å². The molecule has 0 saturated heterocycles. The lowest BCUT2D eigenvalue weighted by Crippen LogP contribution is -2.17. The Bertz CT molecular complexity index is 703. The minimum absolute atomic E-state index is 0.681. The van der Waals surface area contributed by atoms with Crippen LogP contribution < -0.4 is 5.32 Å². The Morgan fingerprint density at radius 3 is 2.95 bits per heavy atom. The highest BCUT2D eigenvalue weighted by Crippen LogP contribution is 2.26. The fourth-order valence-electron chi connectivity index (χ4n) is 1.95. The maximum absolute atomic E-state index is 5.50. The molecule has 0 atom stereocenters. The molecule has 1 N–H and O–H groups in total. The summed E-state index contributed by atoms with van der Waals surface area (Å²) in [5.74, 6) is 1.84. The van der Waals surface area contributed by atoms with Crippen molar-refractivity contribution in [1.29, 1.82) is 0 Å². The van der Waals surface area contributed by atoms with Gasteiger partial charge in [-0.1, -0.05) is 6.07 Å². The summed E-state index contributed by atoms with van der Waals surface area (Å²) in [5.41, 5.74) is 0.876. The minimum atomic E-state index is 0.681. The van der Waals surface area contributed by atoms with Gasteiger partial charge in [-0.2, -0.15) is 0 Å². The Balaban J connectivity index is 1.55. The third-order valence-corrected chi connectivity index (χ3v) is 4.62. The number of nitrogens with one attached hydrogen (secondary N) is 1. The topological polar surface area (TPSA) is 55.4 Å². The number of rotatable bonds is 5. The van der Waals surface area contributed by atoms with Gasteiger partial charge < -0.3 is 9.73 Å². The van der Waals surface area contributed by atoms with Gasteiger partial charge in [0.1, 0.15) is 11.6 Å². The number of aromatic nitrogens is 3. The van der Waals surface area contributed by atoms with Crippen LogP contribution in [-0.2, 0) is 13.0 Å². The van der Waals surface area contributed by atoms with Gasteiger partial charge >= 0.3 is 0 Å². The Morgan fingerprint density at radius 1 is 1.25 bits per heavy atom. The van der Waals surface area contributed by atoms with E-state index in [2.05, 4.69) is 47.4 Å².